The molecule has 1 atom stereocenters. The van der Waals surface area contributed by atoms with Gasteiger partial charge in [-0.1, -0.05) is 28.1 Å². The Hall–Kier alpha value is -1.08. The van der Waals surface area contributed by atoms with E-state index in [0.29, 0.717) is 30.2 Å². The van der Waals surface area contributed by atoms with Crippen molar-refractivity contribution in [1.29, 1.82) is 0 Å². The number of hydrogen-bond donors (Lipinski definition) is 2. The fourth-order valence-corrected chi connectivity index (χ4v) is 2.87. The van der Waals surface area contributed by atoms with E-state index < -0.39 is 30.1 Å². The number of carbonyl (C=O) groups is 1. The molecular weight excluding hydrogens is 363 g/mol. The topological polar surface area (TPSA) is 49.3 Å². The zero-order valence-corrected chi connectivity index (χ0v) is 13.3. The summed E-state index contributed by atoms with van der Waals surface area (Å²) >= 11 is 3.17. The molecular formula is C15H17BrF3NO2. The Bertz CT molecular complexity index is 511. The van der Waals surface area contributed by atoms with E-state index in [1.54, 1.807) is 0 Å². The van der Waals surface area contributed by atoms with E-state index in [1.807, 2.05) is 0 Å². The number of rotatable bonds is 3. The van der Waals surface area contributed by atoms with Crippen LogP contribution < -0.4 is 5.32 Å². The monoisotopic (exact) mass is 379 g/mol. The molecule has 1 amide bonds. The van der Waals surface area contributed by atoms with Crippen LogP contribution in [0.5, 0.6) is 0 Å². The minimum Gasteiger partial charge on any atom is -0.393 e. The summed E-state index contributed by atoms with van der Waals surface area (Å²) in [4.78, 5) is 12.1. The van der Waals surface area contributed by atoms with Crippen molar-refractivity contribution in [1.82, 2.24) is 5.32 Å². The zero-order chi connectivity index (χ0) is 16.3. The molecule has 0 aromatic heterocycles. The fraction of sp³-hybridized carbons (Fsp3) is 0.533. The second kappa shape index (κ2) is 7.00. The van der Waals surface area contributed by atoms with Crippen molar-refractivity contribution in [3.05, 3.63) is 34.3 Å². The Balaban J connectivity index is 2.10. The molecule has 0 radical (unpaired) electrons. The number of hydrogen-bond acceptors (Lipinski definition) is 2. The lowest BCUT2D eigenvalue weighted by molar-refractivity contribution is -0.165. The van der Waals surface area contributed by atoms with Gasteiger partial charge in [-0.05, 0) is 43.4 Å². The van der Waals surface area contributed by atoms with Crippen LogP contribution in [0.2, 0.25) is 0 Å². The first-order valence-electron chi connectivity index (χ1n) is 7.08. The molecule has 7 heteroatoms. The van der Waals surface area contributed by atoms with Crippen LogP contribution >= 0.6 is 15.9 Å². The van der Waals surface area contributed by atoms with Gasteiger partial charge in [-0.15, -0.1) is 0 Å². The van der Waals surface area contributed by atoms with Crippen molar-refractivity contribution < 1.29 is 23.1 Å². The van der Waals surface area contributed by atoms with Crippen LogP contribution in [0.25, 0.3) is 0 Å². The Kier molecular flexibility index (Phi) is 5.50. The van der Waals surface area contributed by atoms with Crippen LogP contribution in [0.4, 0.5) is 13.2 Å². The maximum Gasteiger partial charge on any atom is 0.412 e. The lowest BCUT2D eigenvalue weighted by Crippen LogP contribution is -2.42. The van der Waals surface area contributed by atoms with Crippen LogP contribution in [-0.2, 0) is 4.79 Å². The Morgan fingerprint density at radius 3 is 2.23 bits per heavy atom. The van der Waals surface area contributed by atoms with Crippen LogP contribution in [0.3, 0.4) is 0 Å². The zero-order valence-electron chi connectivity index (χ0n) is 11.7. The summed E-state index contributed by atoms with van der Waals surface area (Å²) in [6.45, 7) is 0. The number of nitrogens with one attached hydrogen (secondary N) is 1. The van der Waals surface area contributed by atoms with Crippen LogP contribution in [-0.4, -0.2) is 23.3 Å². The molecule has 2 rings (SSSR count). The van der Waals surface area contributed by atoms with Crippen molar-refractivity contribution in [2.45, 2.75) is 44.0 Å². The molecule has 0 aliphatic heterocycles. The highest BCUT2D eigenvalue weighted by Crippen LogP contribution is 2.34. The third kappa shape index (κ3) is 4.46. The third-order valence-corrected chi connectivity index (χ3v) is 4.41. The Morgan fingerprint density at radius 2 is 1.73 bits per heavy atom. The van der Waals surface area contributed by atoms with Crippen LogP contribution in [0, 0.1) is 5.92 Å². The smallest absolute Gasteiger partial charge is 0.393 e. The van der Waals surface area contributed by atoms with Gasteiger partial charge in [-0.25, -0.2) is 0 Å². The number of benzene rings is 1. The summed E-state index contributed by atoms with van der Waals surface area (Å²) in [5.41, 5.74) is -0.0000980. The van der Waals surface area contributed by atoms with Crippen molar-refractivity contribution in [2.24, 2.45) is 5.92 Å². The molecule has 22 heavy (non-hydrogen) atoms. The highest BCUT2D eigenvalue weighted by atomic mass is 79.9. The summed E-state index contributed by atoms with van der Waals surface area (Å²) < 4.78 is 40.4. The molecule has 1 fully saturated rings. The Morgan fingerprint density at radius 1 is 1.18 bits per heavy atom. The lowest BCUT2D eigenvalue weighted by Gasteiger charge is -2.28. The molecule has 1 aliphatic carbocycles. The minimum atomic E-state index is -4.56. The molecule has 122 valence electrons. The van der Waals surface area contributed by atoms with E-state index in [4.69, 9.17) is 0 Å². The van der Waals surface area contributed by atoms with Gasteiger partial charge in [0.15, 0.2) is 6.04 Å². The summed E-state index contributed by atoms with van der Waals surface area (Å²) in [6, 6.07) is 3.69. The summed E-state index contributed by atoms with van der Waals surface area (Å²) in [7, 11) is 0. The van der Waals surface area contributed by atoms with Gasteiger partial charge in [-0.3, -0.25) is 4.79 Å². The fourth-order valence-electron chi connectivity index (χ4n) is 2.61. The maximum atomic E-state index is 13.2. The molecule has 0 bridgehead atoms. The van der Waals surface area contributed by atoms with Crippen molar-refractivity contribution in [3.63, 3.8) is 0 Å². The molecule has 0 unspecified atom stereocenters. The average molecular weight is 380 g/mol. The lowest BCUT2D eigenvalue weighted by atomic mass is 9.86. The molecule has 1 aromatic carbocycles. The number of carbonyl (C=O) groups excluding carboxylic acids is 1. The van der Waals surface area contributed by atoms with Crippen LogP contribution in [0.1, 0.15) is 37.3 Å². The van der Waals surface area contributed by atoms with Gasteiger partial charge < -0.3 is 10.4 Å². The molecule has 2 N–H and O–H groups in total. The molecule has 1 aliphatic rings. The number of alkyl halides is 3. The average Bonchev–Trinajstić information content (AvgIpc) is 2.45. The van der Waals surface area contributed by atoms with E-state index in [9.17, 15) is 23.1 Å². The first-order valence-corrected chi connectivity index (χ1v) is 7.87. The molecule has 0 heterocycles. The largest absolute Gasteiger partial charge is 0.412 e. The second-order valence-corrected chi connectivity index (χ2v) is 6.46. The predicted molar refractivity (Wildman–Crippen MR) is 79.0 cm³/mol. The van der Waals surface area contributed by atoms with Crippen molar-refractivity contribution in [3.8, 4) is 0 Å². The Labute approximate surface area is 135 Å². The van der Waals surface area contributed by atoms with Gasteiger partial charge >= 0.3 is 6.18 Å². The first-order chi connectivity index (χ1) is 10.3. The molecule has 1 aromatic rings. The van der Waals surface area contributed by atoms with E-state index in [1.165, 1.54) is 24.3 Å². The predicted octanol–water partition coefficient (Wildman–Crippen LogP) is 3.72. The number of aliphatic hydroxyl groups excluding tert-OH is 1. The number of halogens is 4. The van der Waals surface area contributed by atoms with Gasteiger partial charge in [0.05, 0.1) is 6.10 Å². The highest BCUT2D eigenvalue weighted by Gasteiger charge is 2.42. The van der Waals surface area contributed by atoms with Crippen LogP contribution in [0.15, 0.2) is 28.7 Å². The second-order valence-electron chi connectivity index (χ2n) is 5.54. The molecule has 1 saturated carbocycles. The van der Waals surface area contributed by atoms with E-state index in [0.717, 1.165) is 0 Å². The third-order valence-electron chi connectivity index (χ3n) is 3.88. The van der Waals surface area contributed by atoms with E-state index in [-0.39, 0.29) is 5.56 Å². The quantitative estimate of drug-likeness (QED) is 0.840. The summed E-state index contributed by atoms with van der Waals surface area (Å²) in [5.74, 6) is -1.07. The van der Waals surface area contributed by atoms with Gasteiger partial charge in [0.2, 0.25) is 5.91 Å². The summed E-state index contributed by atoms with van der Waals surface area (Å²) in [6.07, 6.45) is -3.28. The standard InChI is InChI=1S/C15H17BrF3NO2/c16-11-5-1-9(2-6-11)13(15(17,18)19)20-14(22)10-3-7-12(21)8-4-10/h1-2,5-6,10,12-13,21H,3-4,7-8H2,(H,20,22)/t10?,12?,13-/m1/s1. The van der Waals surface area contributed by atoms with E-state index >= 15 is 0 Å². The van der Waals surface area contributed by atoms with Gasteiger partial charge in [-0.2, -0.15) is 13.2 Å². The van der Waals surface area contributed by atoms with E-state index in [2.05, 4.69) is 21.2 Å². The molecule has 0 saturated heterocycles. The minimum absolute atomic E-state index is 0.0000980. The SMILES string of the molecule is O=C(N[C@H](c1ccc(Br)cc1)C(F)(F)F)C1CCC(O)CC1. The number of amides is 1. The summed E-state index contributed by atoms with van der Waals surface area (Å²) in [5, 5.41) is 11.5. The van der Waals surface area contributed by atoms with Crippen molar-refractivity contribution in [2.75, 3.05) is 0 Å². The molecule has 0 spiro atoms. The van der Waals surface area contributed by atoms with Crippen molar-refractivity contribution >= 4 is 21.8 Å². The molecule has 3 nitrogen and oxygen atoms in total. The van der Waals surface area contributed by atoms with Gasteiger partial charge in [0, 0.05) is 10.4 Å². The van der Waals surface area contributed by atoms with Gasteiger partial charge in [0.25, 0.3) is 0 Å². The normalized spacial score (nSPS) is 23.9. The highest BCUT2D eigenvalue weighted by molar-refractivity contribution is 9.10. The van der Waals surface area contributed by atoms with Gasteiger partial charge in [0.1, 0.15) is 0 Å². The first kappa shape index (κ1) is 17.3. The number of aliphatic hydroxyl groups is 1. The maximum absolute atomic E-state index is 13.2.